The highest BCUT2D eigenvalue weighted by Gasteiger charge is 2.24. The Morgan fingerprint density at radius 1 is 0.882 bits per heavy atom. The Morgan fingerprint density at radius 2 is 1.59 bits per heavy atom. The van der Waals surface area contributed by atoms with E-state index >= 15 is 0 Å². The van der Waals surface area contributed by atoms with E-state index in [2.05, 4.69) is 16.7 Å². The Kier molecular flexibility index (Phi) is 5.79. The van der Waals surface area contributed by atoms with Crippen LogP contribution < -0.4 is 0 Å². The molecule has 1 aliphatic heterocycles. The first kappa shape index (κ1) is 13.4. The van der Waals surface area contributed by atoms with Crippen molar-refractivity contribution in [1.82, 2.24) is 9.80 Å². The highest BCUT2D eigenvalue weighted by molar-refractivity contribution is 4.80. The molecule has 0 amide bonds. The van der Waals surface area contributed by atoms with Gasteiger partial charge < -0.3 is 4.90 Å². The van der Waals surface area contributed by atoms with Crippen molar-refractivity contribution < 1.29 is 0 Å². The van der Waals surface area contributed by atoms with E-state index in [1.54, 1.807) is 0 Å². The van der Waals surface area contributed by atoms with Crippen LogP contribution in [-0.2, 0) is 0 Å². The summed E-state index contributed by atoms with van der Waals surface area (Å²) in [5.41, 5.74) is 0. The SMILES string of the molecule is CCCCCN1CCN(C2CCCCC2)CC1. The van der Waals surface area contributed by atoms with Crippen LogP contribution in [-0.4, -0.2) is 48.6 Å². The van der Waals surface area contributed by atoms with Gasteiger partial charge in [-0.15, -0.1) is 0 Å². The molecule has 0 bridgehead atoms. The maximum Gasteiger partial charge on any atom is 0.0113 e. The molecule has 2 fully saturated rings. The van der Waals surface area contributed by atoms with Gasteiger partial charge in [0.05, 0.1) is 0 Å². The zero-order valence-electron chi connectivity index (χ0n) is 11.7. The Morgan fingerprint density at radius 3 is 2.24 bits per heavy atom. The molecule has 0 aromatic rings. The van der Waals surface area contributed by atoms with E-state index in [1.165, 1.54) is 84.1 Å². The zero-order valence-corrected chi connectivity index (χ0v) is 11.7. The fraction of sp³-hybridized carbons (Fsp3) is 1.00. The molecule has 0 N–H and O–H groups in total. The van der Waals surface area contributed by atoms with Crippen molar-refractivity contribution in [3.63, 3.8) is 0 Å². The van der Waals surface area contributed by atoms with Crippen LogP contribution in [0.1, 0.15) is 58.3 Å². The Labute approximate surface area is 107 Å². The normalized spacial score (nSPS) is 25.2. The van der Waals surface area contributed by atoms with Gasteiger partial charge in [0.15, 0.2) is 0 Å². The molecule has 2 aliphatic rings. The summed E-state index contributed by atoms with van der Waals surface area (Å²) in [4.78, 5) is 5.45. The Hall–Kier alpha value is -0.0800. The molecule has 2 heteroatoms. The van der Waals surface area contributed by atoms with E-state index in [0.29, 0.717) is 0 Å². The largest absolute Gasteiger partial charge is 0.301 e. The van der Waals surface area contributed by atoms with Crippen LogP contribution in [0.4, 0.5) is 0 Å². The summed E-state index contributed by atoms with van der Waals surface area (Å²) in [6, 6.07) is 0.932. The number of rotatable bonds is 5. The summed E-state index contributed by atoms with van der Waals surface area (Å²) in [5.74, 6) is 0. The van der Waals surface area contributed by atoms with E-state index in [4.69, 9.17) is 0 Å². The summed E-state index contributed by atoms with van der Waals surface area (Å²) in [7, 11) is 0. The molecule has 2 nitrogen and oxygen atoms in total. The molecule has 1 saturated heterocycles. The lowest BCUT2D eigenvalue weighted by Crippen LogP contribution is -2.50. The molecule has 0 aromatic carbocycles. The lowest BCUT2D eigenvalue weighted by molar-refractivity contribution is 0.0782. The predicted molar refractivity (Wildman–Crippen MR) is 74.4 cm³/mol. The summed E-state index contributed by atoms with van der Waals surface area (Å²) in [6.45, 7) is 8.93. The lowest BCUT2D eigenvalue weighted by Gasteiger charge is -2.40. The highest BCUT2D eigenvalue weighted by atomic mass is 15.3. The first-order valence-corrected chi connectivity index (χ1v) is 7.86. The van der Waals surface area contributed by atoms with Gasteiger partial charge in [0.2, 0.25) is 0 Å². The van der Waals surface area contributed by atoms with Crippen LogP contribution in [0.5, 0.6) is 0 Å². The minimum atomic E-state index is 0.932. The van der Waals surface area contributed by atoms with Crippen molar-refractivity contribution in [3.05, 3.63) is 0 Å². The van der Waals surface area contributed by atoms with E-state index in [-0.39, 0.29) is 0 Å². The summed E-state index contributed by atoms with van der Waals surface area (Å²) < 4.78 is 0. The minimum Gasteiger partial charge on any atom is -0.301 e. The van der Waals surface area contributed by atoms with Gasteiger partial charge in [0, 0.05) is 32.2 Å². The van der Waals surface area contributed by atoms with Gasteiger partial charge in [0.25, 0.3) is 0 Å². The third-order valence-electron chi connectivity index (χ3n) is 4.58. The van der Waals surface area contributed by atoms with Crippen LogP contribution in [0.2, 0.25) is 0 Å². The quantitative estimate of drug-likeness (QED) is 0.679. The smallest absolute Gasteiger partial charge is 0.0113 e. The van der Waals surface area contributed by atoms with Crippen molar-refractivity contribution in [2.45, 2.75) is 64.3 Å². The van der Waals surface area contributed by atoms with E-state index in [9.17, 15) is 0 Å². The van der Waals surface area contributed by atoms with E-state index < -0.39 is 0 Å². The molecule has 1 saturated carbocycles. The number of hydrogen-bond donors (Lipinski definition) is 0. The minimum absolute atomic E-state index is 0.932. The van der Waals surface area contributed by atoms with Gasteiger partial charge in [-0.3, -0.25) is 4.90 Å². The second-order valence-corrected chi connectivity index (χ2v) is 5.88. The number of hydrogen-bond acceptors (Lipinski definition) is 2. The molecule has 100 valence electrons. The van der Waals surface area contributed by atoms with Crippen LogP contribution in [0.15, 0.2) is 0 Å². The third kappa shape index (κ3) is 4.26. The van der Waals surface area contributed by atoms with Crippen LogP contribution in [0, 0.1) is 0 Å². The van der Waals surface area contributed by atoms with Crippen molar-refractivity contribution >= 4 is 0 Å². The fourth-order valence-corrected chi connectivity index (χ4v) is 3.38. The summed E-state index contributed by atoms with van der Waals surface area (Å²) in [5, 5.41) is 0. The number of nitrogens with zero attached hydrogens (tertiary/aromatic N) is 2. The molecule has 1 heterocycles. The fourth-order valence-electron chi connectivity index (χ4n) is 3.38. The maximum absolute atomic E-state index is 2.77. The van der Waals surface area contributed by atoms with Gasteiger partial charge in [-0.1, -0.05) is 39.0 Å². The Bertz CT molecular complexity index is 191. The maximum atomic E-state index is 2.77. The standard InChI is InChI=1S/C15H30N2/c1-2-3-7-10-16-11-13-17(14-12-16)15-8-5-4-6-9-15/h15H,2-14H2,1H3. The molecule has 1 aliphatic carbocycles. The number of unbranched alkanes of at least 4 members (excludes halogenated alkanes) is 2. The van der Waals surface area contributed by atoms with E-state index in [1.807, 2.05) is 0 Å². The summed E-state index contributed by atoms with van der Waals surface area (Å²) in [6.07, 6.45) is 11.5. The first-order valence-electron chi connectivity index (χ1n) is 7.86. The van der Waals surface area contributed by atoms with Crippen LogP contribution in [0.3, 0.4) is 0 Å². The van der Waals surface area contributed by atoms with Gasteiger partial charge in [0.1, 0.15) is 0 Å². The van der Waals surface area contributed by atoms with Gasteiger partial charge >= 0.3 is 0 Å². The lowest BCUT2D eigenvalue weighted by atomic mass is 9.94. The summed E-state index contributed by atoms with van der Waals surface area (Å²) >= 11 is 0. The molecule has 0 aromatic heterocycles. The zero-order chi connectivity index (χ0) is 11.9. The van der Waals surface area contributed by atoms with Gasteiger partial charge in [-0.25, -0.2) is 0 Å². The molecular formula is C15H30N2. The van der Waals surface area contributed by atoms with Gasteiger partial charge in [-0.05, 0) is 25.8 Å². The monoisotopic (exact) mass is 238 g/mol. The average molecular weight is 238 g/mol. The third-order valence-corrected chi connectivity index (χ3v) is 4.58. The highest BCUT2D eigenvalue weighted by Crippen LogP contribution is 2.23. The predicted octanol–water partition coefficient (Wildman–Crippen LogP) is 3.13. The molecule has 0 unspecified atom stereocenters. The molecule has 2 rings (SSSR count). The molecule has 0 spiro atoms. The molecular weight excluding hydrogens is 208 g/mol. The Balaban J connectivity index is 1.63. The first-order chi connectivity index (χ1) is 8.40. The molecule has 0 radical (unpaired) electrons. The van der Waals surface area contributed by atoms with Gasteiger partial charge in [-0.2, -0.15) is 0 Å². The van der Waals surface area contributed by atoms with E-state index in [0.717, 1.165) is 6.04 Å². The topological polar surface area (TPSA) is 6.48 Å². The van der Waals surface area contributed by atoms with Crippen molar-refractivity contribution in [3.8, 4) is 0 Å². The van der Waals surface area contributed by atoms with Crippen molar-refractivity contribution in [1.29, 1.82) is 0 Å². The average Bonchev–Trinajstić information content (AvgIpc) is 2.41. The van der Waals surface area contributed by atoms with Crippen molar-refractivity contribution in [2.75, 3.05) is 32.7 Å². The van der Waals surface area contributed by atoms with Crippen molar-refractivity contribution in [2.24, 2.45) is 0 Å². The second-order valence-electron chi connectivity index (χ2n) is 5.88. The molecule has 17 heavy (non-hydrogen) atoms. The van der Waals surface area contributed by atoms with Crippen LogP contribution >= 0.6 is 0 Å². The molecule has 0 atom stereocenters. The second kappa shape index (κ2) is 7.38. The van der Waals surface area contributed by atoms with Crippen LogP contribution in [0.25, 0.3) is 0 Å². The number of piperazine rings is 1.